The number of aliphatic hydroxyl groups is 2. The van der Waals surface area contributed by atoms with Gasteiger partial charge in [0.25, 0.3) is 0 Å². The lowest BCUT2D eigenvalue weighted by atomic mass is 9.45. The first-order valence-electron chi connectivity index (χ1n) is 17.5. The van der Waals surface area contributed by atoms with Gasteiger partial charge >= 0.3 is 5.97 Å². The number of ketones is 3. The number of benzene rings is 1. The molecule has 3 saturated carbocycles. The smallest absolute Gasteiger partial charge is 0.341 e. The van der Waals surface area contributed by atoms with Crippen LogP contribution in [0.15, 0.2) is 28.6 Å². The van der Waals surface area contributed by atoms with Gasteiger partial charge in [-0.3, -0.25) is 19.2 Å². The number of halogens is 2. The van der Waals surface area contributed by atoms with E-state index in [4.69, 9.17) is 0 Å². The summed E-state index contributed by atoms with van der Waals surface area (Å²) in [5.41, 5.74) is -4.90. The summed E-state index contributed by atoms with van der Waals surface area (Å²) in [5.74, 6) is -4.17. The third kappa shape index (κ3) is 5.03. The number of carbonyl (C=O) groups excluding carboxylic acids is 3. The van der Waals surface area contributed by atoms with Crippen LogP contribution >= 0.6 is 12.4 Å². The molecular formula is C37H45ClFN3O8. The number of rotatable bonds is 6. The number of piperazine rings is 1. The zero-order chi connectivity index (χ0) is 35.2. The third-order valence-corrected chi connectivity index (χ3v) is 13.1. The molecule has 4 aliphatic carbocycles. The minimum Gasteiger partial charge on any atom is -0.477 e. The first kappa shape index (κ1) is 36.3. The van der Waals surface area contributed by atoms with Gasteiger partial charge in [0.05, 0.1) is 16.9 Å². The summed E-state index contributed by atoms with van der Waals surface area (Å²) >= 11 is 0. The molecule has 1 aliphatic heterocycles. The Hall–Kier alpha value is -3.45. The van der Waals surface area contributed by atoms with E-state index in [9.17, 15) is 39.3 Å². The number of aromatic carboxylic acids is 1. The quantitative estimate of drug-likeness (QED) is 0.347. The van der Waals surface area contributed by atoms with Crippen LogP contribution in [0.2, 0.25) is 0 Å². The number of nitrogens with one attached hydrogen (secondary N) is 1. The number of allylic oxidation sites excluding steroid dienone is 1. The molecule has 2 aromatic rings. The highest BCUT2D eigenvalue weighted by atomic mass is 35.5. The van der Waals surface area contributed by atoms with Crippen molar-refractivity contribution < 1.29 is 38.9 Å². The van der Waals surface area contributed by atoms with Gasteiger partial charge < -0.3 is 30.1 Å². The number of aromatic nitrogens is 1. The van der Waals surface area contributed by atoms with Crippen LogP contribution in [0.25, 0.3) is 10.9 Å². The summed E-state index contributed by atoms with van der Waals surface area (Å²) in [7, 11) is 0. The Balaban J connectivity index is 0.00000432. The van der Waals surface area contributed by atoms with Crippen molar-refractivity contribution in [1.82, 2.24) is 9.88 Å². The maximum Gasteiger partial charge on any atom is 0.341 e. The van der Waals surface area contributed by atoms with Crippen LogP contribution in [0.3, 0.4) is 0 Å². The molecule has 1 aromatic carbocycles. The minimum absolute atomic E-state index is 0. The van der Waals surface area contributed by atoms with Crippen LogP contribution in [0.4, 0.5) is 10.1 Å². The zero-order valence-corrected chi connectivity index (χ0v) is 29.4. The fourth-order valence-electron chi connectivity index (χ4n) is 10.6. The van der Waals surface area contributed by atoms with Gasteiger partial charge in [-0.25, -0.2) is 9.18 Å². The number of hydrogen-bond acceptors (Lipinski definition) is 9. The molecule has 0 spiro atoms. The molecule has 5 aliphatic rings. The molecule has 4 N–H and O–H groups in total. The van der Waals surface area contributed by atoms with Gasteiger partial charge in [0.15, 0.2) is 17.7 Å². The number of hydrogen-bond donors (Lipinski definition) is 4. The molecule has 0 radical (unpaired) electrons. The Morgan fingerprint density at radius 3 is 2.44 bits per heavy atom. The zero-order valence-electron chi connectivity index (χ0n) is 28.6. The topological polar surface area (TPSA) is 166 Å². The van der Waals surface area contributed by atoms with Gasteiger partial charge in [0, 0.05) is 62.3 Å². The highest BCUT2D eigenvalue weighted by Crippen LogP contribution is 2.67. The molecule has 1 unspecified atom stereocenters. The van der Waals surface area contributed by atoms with Crippen LogP contribution in [0.1, 0.15) is 87.9 Å². The van der Waals surface area contributed by atoms with Gasteiger partial charge in [-0.15, -0.1) is 12.4 Å². The predicted octanol–water partition coefficient (Wildman–Crippen LogP) is 3.73. The van der Waals surface area contributed by atoms with Crippen LogP contribution in [0.5, 0.6) is 0 Å². The standard InChI is InChI=1S/C37H44FN3O8.ClH/c1-4-41-25-17-26(40-13-11-39-12-14-40)24(38)16-22(25)31(44)28(34(47)48)30(41)32(45)33(46)37(49)10-8-23-21-6-5-19-15-20(42)7-9-35(19,2)29(21)27(43)18-36(23,37)3;/h15-17,21,23,29,32,39,45,49H,4-14,18H2,1-3H3,(H,47,48);1H/t21-,23-,29+,32?,35-,36-,37-;/m0./s1. The lowest BCUT2D eigenvalue weighted by Gasteiger charge is -2.57. The Bertz CT molecular complexity index is 1900. The van der Waals surface area contributed by atoms with E-state index in [2.05, 4.69) is 12.2 Å². The van der Waals surface area contributed by atoms with E-state index >= 15 is 4.39 Å². The SMILES string of the molecule is CCn1c(C(O)C(=O)[C@@]2(O)CC[C@H]3[C@@H]4CCC5=CC(=O)CC[C@]5(C)[C@H]4C(=O)C[C@@]32C)c(C(=O)O)c(=O)c2cc(F)c(N3CCNCC3)cc21.Cl. The second kappa shape index (κ2) is 12.6. The highest BCUT2D eigenvalue weighted by Gasteiger charge is 2.69. The number of aliphatic hydroxyl groups excluding tert-OH is 1. The van der Waals surface area contributed by atoms with E-state index in [1.165, 1.54) is 10.6 Å². The molecule has 270 valence electrons. The Kier molecular flexibility index (Phi) is 9.19. The van der Waals surface area contributed by atoms with Gasteiger partial charge in [0.2, 0.25) is 5.43 Å². The van der Waals surface area contributed by atoms with Gasteiger partial charge in [-0.05, 0) is 74.5 Å². The number of carboxylic acids is 1. The fraction of sp³-hybridized carbons (Fsp3) is 0.595. The molecule has 11 nitrogen and oxygen atoms in total. The molecule has 1 saturated heterocycles. The van der Waals surface area contributed by atoms with Crippen molar-refractivity contribution in [3.8, 4) is 0 Å². The summed E-state index contributed by atoms with van der Waals surface area (Å²) < 4.78 is 16.8. The average molecular weight is 714 g/mol. The van der Waals surface area contributed by atoms with Crippen molar-refractivity contribution in [2.75, 3.05) is 31.1 Å². The Labute approximate surface area is 295 Å². The van der Waals surface area contributed by atoms with Crippen LogP contribution in [0, 0.1) is 34.4 Å². The normalized spacial score (nSPS) is 32.8. The fourth-order valence-corrected chi connectivity index (χ4v) is 10.6. The summed E-state index contributed by atoms with van der Waals surface area (Å²) in [4.78, 5) is 69.1. The van der Waals surface area contributed by atoms with Crippen molar-refractivity contribution in [2.24, 2.45) is 28.6 Å². The molecule has 0 amide bonds. The molecule has 0 bridgehead atoms. The maximum atomic E-state index is 15.4. The molecule has 4 fully saturated rings. The second-order valence-electron chi connectivity index (χ2n) is 15.3. The number of fused-ring (bicyclic) bond motifs is 6. The number of aryl methyl sites for hydroxylation is 1. The van der Waals surface area contributed by atoms with E-state index in [1.54, 1.807) is 19.9 Å². The van der Waals surface area contributed by atoms with E-state index in [-0.39, 0.29) is 77.7 Å². The molecule has 13 heteroatoms. The number of anilines is 1. The number of pyridine rings is 1. The lowest BCUT2D eigenvalue weighted by molar-refractivity contribution is -0.174. The van der Waals surface area contributed by atoms with Crippen molar-refractivity contribution in [3.63, 3.8) is 0 Å². The Morgan fingerprint density at radius 2 is 1.78 bits per heavy atom. The van der Waals surface area contributed by atoms with Gasteiger partial charge in [-0.2, -0.15) is 0 Å². The average Bonchev–Trinajstić information content (AvgIpc) is 3.34. The van der Waals surface area contributed by atoms with Crippen LogP contribution in [-0.4, -0.2) is 75.0 Å². The number of Topliss-reactive ketones (excluding diaryl/α,β-unsaturated/α-hetero) is 2. The van der Waals surface area contributed by atoms with E-state index in [0.717, 1.165) is 11.6 Å². The van der Waals surface area contributed by atoms with Gasteiger partial charge in [-0.1, -0.05) is 19.4 Å². The van der Waals surface area contributed by atoms with E-state index in [1.807, 2.05) is 4.90 Å². The van der Waals surface area contributed by atoms with Crippen molar-refractivity contribution in [2.45, 2.75) is 84.0 Å². The molecule has 7 rings (SSSR count). The third-order valence-electron chi connectivity index (χ3n) is 13.1. The molecule has 50 heavy (non-hydrogen) atoms. The van der Waals surface area contributed by atoms with Crippen molar-refractivity contribution in [1.29, 1.82) is 0 Å². The summed E-state index contributed by atoms with van der Waals surface area (Å²) in [6.45, 7) is 7.70. The molecular weight excluding hydrogens is 669 g/mol. The molecule has 7 atom stereocenters. The second-order valence-corrected chi connectivity index (χ2v) is 15.3. The maximum absolute atomic E-state index is 15.4. The van der Waals surface area contributed by atoms with Crippen molar-refractivity contribution in [3.05, 3.63) is 51.1 Å². The summed E-state index contributed by atoms with van der Waals surface area (Å²) in [5, 5.41) is 37.6. The summed E-state index contributed by atoms with van der Waals surface area (Å²) in [6.07, 6.45) is 1.98. The number of carbonyl (C=O) groups is 4. The Morgan fingerprint density at radius 1 is 1.08 bits per heavy atom. The molecule has 2 heterocycles. The lowest BCUT2D eigenvalue weighted by Crippen LogP contribution is -2.61. The van der Waals surface area contributed by atoms with Crippen LogP contribution in [-0.2, 0) is 20.9 Å². The number of nitrogens with zero attached hydrogens (tertiary/aromatic N) is 2. The van der Waals surface area contributed by atoms with Crippen LogP contribution < -0.4 is 15.6 Å². The van der Waals surface area contributed by atoms with Gasteiger partial charge in [0.1, 0.15) is 22.8 Å². The monoisotopic (exact) mass is 713 g/mol. The minimum atomic E-state index is -2.22. The van der Waals surface area contributed by atoms with E-state index < -0.39 is 56.8 Å². The van der Waals surface area contributed by atoms with Crippen molar-refractivity contribution >= 4 is 52.3 Å². The van der Waals surface area contributed by atoms with E-state index in [0.29, 0.717) is 58.3 Å². The highest BCUT2D eigenvalue weighted by molar-refractivity contribution is 6.00. The number of carboxylic acid groups (broad SMARTS) is 1. The molecule has 1 aromatic heterocycles. The largest absolute Gasteiger partial charge is 0.477 e. The predicted molar refractivity (Wildman–Crippen MR) is 185 cm³/mol. The summed E-state index contributed by atoms with van der Waals surface area (Å²) in [6, 6.07) is 2.47. The first-order valence-corrected chi connectivity index (χ1v) is 17.5. The first-order chi connectivity index (χ1) is 23.2.